The molecule has 0 radical (unpaired) electrons. The number of nitrogens with zero attached hydrogens (tertiary/aromatic N) is 1. The molecule has 1 aromatic carbocycles. The third-order valence-corrected chi connectivity index (χ3v) is 4.77. The zero-order valence-electron chi connectivity index (χ0n) is 14.4. The van der Waals surface area contributed by atoms with E-state index in [0.29, 0.717) is 34.8 Å². The standard InChI is InChI=1S/C17H22N4O4/c1-24-13-7-11-12(8-14(13)25-2)19-15(20-17(11)23)9-21-5-3-10(4-6-21)16(18)22/h7-8,10H,3-6,9H2,1-2H3,(H2,18,22)(H,19,20,23)/p+1. The molecular weight excluding hydrogens is 324 g/mol. The maximum absolute atomic E-state index is 12.4. The van der Waals surface area contributed by atoms with Gasteiger partial charge in [-0.25, -0.2) is 4.98 Å². The van der Waals surface area contributed by atoms with Gasteiger partial charge in [-0.2, -0.15) is 0 Å². The molecule has 4 N–H and O–H groups in total. The van der Waals surface area contributed by atoms with Gasteiger partial charge in [-0.05, 0) is 6.07 Å². The molecule has 25 heavy (non-hydrogen) atoms. The number of hydrogen-bond donors (Lipinski definition) is 3. The number of carbonyl (C=O) groups is 1. The van der Waals surface area contributed by atoms with Crippen LogP contribution in [0.4, 0.5) is 0 Å². The fraction of sp³-hybridized carbons (Fsp3) is 0.471. The van der Waals surface area contributed by atoms with Crippen LogP contribution in [0.3, 0.4) is 0 Å². The van der Waals surface area contributed by atoms with Crippen LogP contribution in [0.5, 0.6) is 11.5 Å². The van der Waals surface area contributed by atoms with E-state index < -0.39 is 0 Å². The van der Waals surface area contributed by atoms with Crippen molar-refractivity contribution in [3.8, 4) is 11.5 Å². The number of hydrogen-bond acceptors (Lipinski definition) is 5. The first-order valence-electron chi connectivity index (χ1n) is 8.29. The number of carbonyl (C=O) groups excluding carboxylic acids is 1. The fourth-order valence-corrected chi connectivity index (χ4v) is 3.32. The van der Waals surface area contributed by atoms with Crippen molar-refractivity contribution in [1.29, 1.82) is 0 Å². The van der Waals surface area contributed by atoms with E-state index >= 15 is 0 Å². The molecule has 0 unspecified atom stereocenters. The van der Waals surface area contributed by atoms with Crippen molar-refractivity contribution in [2.75, 3.05) is 27.3 Å². The number of amides is 1. The lowest BCUT2D eigenvalue weighted by atomic mass is 9.96. The lowest BCUT2D eigenvalue weighted by molar-refractivity contribution is -0.920. The minimum Gasteiger partial charge on any atom is -0.493 e. The summed E-state index contributed by atoms with van der Waals surface area (Å²) in [5.41, 5.74) is 5.74. The van der Waals surface area contributed by atoms with Gasteiger partial charge in [0.1, 0.15) is 6.54 Å². The Morgan fingerprint density at radius 2 is 1.92 bits per heavy atom. The third-order valence-electron chi connectivity index (χ3n) is 4.77. The van der Waals surface area contributed by atoms with E-state index in [2.05, 4.69) is 9.97 Å². The highest BCUT2D eigenvalue weighted by Crippen LogP contribution is 2.29. The predicted molar refractivity (Wildman–Crippen MR) is 91.8 cm³/mol. The summed E-state index contributed by atoms with van der Waals surface area (Å²) in [6, 6.07) is 3.34. The Labute approximate surface area is 144 Å². The zero-order valence-corrected chi connectivity index (χ0v) is 14.4. The topological polar surface area (TPSA) is 112 Å². The summed E-state index contributed by atoms with van der Waals surface area (Å²) < 4.78 is 10.5. The Kier molecular flexibility index (Phi) is 4.89. The van der Waals surface area contributed by atoms with Gasteiger partial charge in [-0.15, -0.1) is 0 Å². The number of ether oxygens (including phenoxy) is 2. The lowest BCUT2D eigenvalue weighted by Crippen LogP contribution is -3.12. The SMILES string of the molecule is COc1cc2nc(C[NH+]3CCC(C(N)=O)CC3)[nH]c(=O)c2cc1OC. The van der Waals surface area contributed by atoms with Crippen LogP contribution in [0.1, 0.15) is 18.7 Å². The Bertz CT molecular complexity index is 840. The fourth-order valence-electron chi connectivity index (χ4n) is 3.32. The van der Waals surface area contributed by atoms with Gasteiger partial charge in [-0.3, -0.25) is 9.59 Å². The molecule has 1 fully saturated rings. The second kappa shape index (κ2) is 7.10. The number of piperidine rings is 1. The van der Waals surface area contributed by atoms with Crippen LogP contribution in [-0.2, 0) is 11.3 Å². The number of nitrogens with one attached hydrogen (secondary N) is 2. The van der Waals surface area contributed by atoms with Gasteiger partial charge in [0.2, 0.25) is 5.91 Å². The first kappa shape index (κ1) is 17.2. The summed E-state index contributed by atoms with van der Waals surface area (Å²) in [4.78, 5) is 32.3. The third kappa shape index (κ3) is 3.58. The second-order valence-corrected chi connectivity index (χ2v) is 6.34. The number of methoxy groups -OCH3 is 2. The largest absolute Gasteiger partial charge is 0.493 e. The molecule has 0 spiro atoms. The molecule has 1 aliphatic heterocycles. The summed E-state index contributed by atoms with van der Waals surface area (Å²) in [7, 11) is 3.07. The van der Waals surface area contributed by atoms with E-state index in [-0.39, 0.29) is 17.4 Å². The predicted octanol–water partition coefficient (Wildman–Crippen LogP) is -0.779. The average Bonchev–Trinajstić information content (AvgIpc) is 2.61. The molecule has 1 amide bonds. The van der Waals surface area contributed by atoms with Gasteiger partial charge < -0.3 is 25.1 Å². The number of nitrogens with two attached hydrogens (primary N) is 1. The van der Waals surface area contributed by atoms with E-state index in [1.54, 1.807) is 19.2 Å². The number of rotatable bonds is 5. The zero-order chi connectivity index (χ0) is 18.0. The highest BCUT2D eigenvalue weighted by atomic mass is 16.5. The van der Waals surface area contributed by atoms with Crippen LogP contribution in [0.15, 0.2) is 16.9 Å². The van der Waals surface area contributed by atoms with E-state index in [1.165, 1.54) is 12.0 Å². The number of quaternary nitrogens is 1. The van der Waals surface area contributed by atoms with E-state index in [9.17, 15) is 9.59 Å². The first-order valence-corrected chi connectivity index (χ1v) is 8.29. The summed E-state index contributed by atoms with van der Waals surface area (Å²) in [6.07, 6.45) is 1.54. The summed E-state index contributed by atoms with van der Waals surface area (Å²) in [5, 5.41) is 0.462. The van der Waals surface area contributed by atoms with Crippen LogP contribution in [0.2, 0.25) is 0 Å². The molecule has 2 aromatic rings. The number of primary amides is 1. The maximum Gasteiger partial charge on any atom is 0.259 e. The van der Waals surface area contributed by atoms with Crippen molar-refractivity contribution in [2.24, 2.45) is 11.7 Å². The molecule has 2 heterocycles. The number of fused-ring (bicyclic) bond motifs is 1. The molecule has 0 bridgehead atoms. The average molecular weight is 347 g/mol. The normalized spacial score (nSPS) is 20.4. The molecule has 1 saturated heterocycles. The second-order valence-electron chi connectivity index (χ2n) is 6.34. The molecule has 8 nitrogen and oxygen atoms in total. The Balaban J connectivity index is 1.83. The van der Waals surface area contributed by atoms with Gasteiger partial charge in [0.15, 0.2) is 17.3 Å². The minimum absolute atomic E-state index is 0.0379. The van der Waals surface area contributed by atoms with Crippen molar-refractivity contribution in [1.82, 2.24) is 9.97 Å². The van der Waals surface area contributed by atoms with Crippen LogP contribution in [0, 0.1) is 5.92 Å². The molecule has 8 heteroatoms. The molecule has 1 aromatic heterocycles. The van der Waals surface area contributed by atoms with Crippen molar-refractivity contribution in [2.45, 2.75) is 19.4 Å². The van der Waals surface area contributed by atoms with Crippen LogP contribution in [-0.4, -0.2) is 43.2 Å². The summed E-state index contributed by atoms with van der Waals surface area (Å²) in [6.45, 7) is 2.27. The maximum atomic E-state index is 12.4. The lowest BCUT2D eigenvalue weighted by Gasteiger charge is -2.27. The molecule has 0 saturated carbocycles. The molecular formula is C17H23N4O4+. The quantitative estimate of drug-likeness (QED) is 0.657. The number of aromatic nitrogens is 2. The highest BCUT2D eigenvalue weighted by molar-refractivity contribution is 5.81. The van der Waals surface area contributed by atoms with Crippen LogP contribution < -0.4 is 25.7 Å². The van der Waals surface area contributed by atoms with Crippen LogP contribution >= 0.6 is 0 Å². The Morgan fingerprint density at radius 3 is 2.52 bits per heavy atom. The number of benzene rings is 1. The number of H-pyrrole nitrogens is 1. The minimum atomic E-state index is -0.225. The Hall–Kier alpha value is -2.61. The van der Waals surface area contributed by atoms with Crippen molar-refractivity contribution < 1.29 is 19.2 Å². The number of likely N-dealkylation sites (tertiary alicyclic amines) is 1. The molecule has 0 atom stereocenters. The van der Waals surface area contributed by atoms with Crippen LogP contribution in [0.25, 0.3) is 10.9 Å². The van der Waals surface area contributed by atoms with Crippen molar-refractivity contribution >= 4 is 16.8 Å². The van der Waals surface area contributed by atoms with Gasteiger partial charge in [-0.1, -0.05) is 0 Å². The van der Waals surface area contributed by atoms with Gasteiger partial charge in [0.25, 0.3) is 5.56 Å². The smallest absolute Gasteiger partial charge is 0.259 e. The summed E-state index contributed by atoms with van der Waals surface area (Å²) >= 11 is 0. The Morgan fingerprint density at radius 1 is 1.28 bits per heavy atom. The first-order chi connectivity index (χ1) is 12.0. The summed E-state index contributed by atoms with van der Waals surface area (Å²) in [5.74, 6) is 1.39. The van der Waals surface area contributed by atoms with Gasteiger partial charge in [0, 0.05) is 24.8 Å². The highest BCUT2D eigenvalue weighted by Gasteiger charge is 2.26. The molecule has 0 aliphatic carbocycles. The number of aromatic amines is 1. The monoisotopic (exact) mass is 347 g/mol. The van der Waals surface area contributed by atoms with Crippen molar-refractivity contribution in [3.05, 3.63) is 28.3 Å². The van der Waals surface area contributed by atoms with Gasteiger partial charge in [0.05, 0.1) is 38.2 Å². The molecule has 134 valence electrons. The van der Waals surface area contributed by atoms with E-state index in [4.69, 9.17) is 15.2 Å². The molecule has 1 aliphatic rings. The van der Waals surface area contributed by atoms with E-state index in [1.807, 2.05) is 0 Å². The van der Waals surface area contributed by atoms with Crippen molar-refractivity contribution in [3.63, 3.8) is 0 Å². The van der Waals surface area contributed by atoms with E-state index in [0.717, 1.165) is 25.9 Å². The molecule has 3 rings (SSSR count). The van der Waals surface area contributed by atoms with Gasteiger partial charge >= 0.3 is 0 Å².